The van der Waals surface area contributed by atoms with Gasteiger partial charge in [-0.1, -0.05) is 6.08 Å². The first-order valence-electron chi connectivity index (χ1n) is 14.9. The number of carbonyl (C=O) groups excluding carboxylic acids is 1. The standard InChI is InChI=1S/C27H43NO19/c1-3-4-5-6-40-26(39)28-7-10-19(18(36)21-24(41-10)47-27(2,46-21)25(37)38)44-23-17(35)15(33)20(12(9-30)43-23)45-22-16(34)14(32)13(31)11(8-29)42-22/h3,10-24,29-36H,1,4-9H2,2H3,(H,28,39)(H,37,38)/t10-,11?,12?,13-,14-,15+,16?,17?,18?,19+,20-,21?,22+,23-,24+,27?/m0/s1. The fraction of sp³-hybridized carbons (Fsp3) is 0.852. The van der Waals surface area contributed by atoms with Crippen LogP contribution < -0.4 is 5.32 Å². The number of unbranched alkanes of at least 4 members (excludes halogenated alkanes) is 1. The largest absolute Gasteiger partial charge is 0.477 e. The Hall–Kier alpha value is -2.12. The molecular formula is C27H43NO19. The molecule has 0 bridgehead atoms. The molecule has 4 heterocycles. The van der Waals surface area contributed by atoms with E-state index in [0.717, 1.165) is 6.92 Å². The highest BCUT2D eigenvalue weighted by atomic mass is 16.8. The second kappa shape index (κ2) is 16.1. The molecule has 20 nitrogen and oxygen atoms in total. The van der Waals surface area contributed by atoms with Crippen molar-refractivity contribution < 1.29 is 93.4 Å². The molecule has 0 radical (unpaired) electrons. The number of carboxylic acids is 1. The Morgan fingerprint density at radius 1 is 0.809 bits per heavy atom. The van der Waals surface area contributed by atoms with E-state index >= 15 is 0 Å². The van der Waals surface area contributed by atoms with Crippen molar-refractivity contribution in [1.82, 2.24) is 5.32 Å². The predicted octanol–water partition coefficient (Wildman–Crippen LogP) is -5.01. The van der Waals surface area contributed by atoms with Crippen molar-refractivity contribution in [3.8, 4) is 0 Å². The average Bonchev–Trinajstić information content (AvgIpc) is 3.40. The van der Waals surface area contributed by atoms with Crippen LogP contribution in [-0.2, 0) is 42.7 Å². The van der Waals surface area contributed by atoms with E-state index in [9.17, 15) is 55.5 Å². The maximum atomic E-state index is 12.3. The number of hydrogen-bond acceptors (Lipinski definition) is 18. The molecule has 0 aromatic carbocycles. The molecular weight excluding hydrogens is 642 g/mol. The number of carbonyl (C=O) groups is 2. The third-order valence-corrected chi connectivity index (χ3v) is 8.19. The van der Waals surface area contributed by atoms with Crippen LogP contribution >= 0.6 is 0 Å². The van der Waals surface area contributed by atoms with Crippen LogP contribution in [0.25, 0.3) is 0 Å². The van der Waals surface area contributed by atoms with Crippen molar-refractivity contribution in [2.45, 2.75) is 118 Å². The minimum absolute atomic E-state index is 0.0689. The second-order valence-corrected chi connectivity index (χ2v) is 11.5. The number of allylic oxidation sites excluding steroid dienone is 1. The Morgan fingerprint density at radius 2 is 1.40 bits per heavy atom. The number of aliphatic hydroxyl groups is 8. The lowest BCUT2D eigenvalue weighted by Crippen LogP contribution is -2.66. The van der Waals surface area contributed by atoms with E-state index in [0.29, 0.717) is 12.8 Å². The van der Waals surface area contributed by atoms with Gasteiger partial charge in [0.15, 0.2) is 18.9 Å². The number of carboxylic acid groups (broad SMARTS) is 1. The van der Waals surface area contributed by atoms with Crippen LogP contribution in [0.2, 0.25) is 0 Å². The van der Waals surface area contributed by atoms with Crippen molar-refractivity contribution in [3.05, 3.63) is 12.7 Å². The summed E-state index contributed by atoms with van der Waals surface area (Å²) in [5.41, 5.74) is 0. The highest BCUT2D eigenvalue weighted by molar-refractivity contribution is 5.75. The van der Waals surface area contributed by atoms with Gasteiger partial charge in [0.2, 0.25) is 0 Å². The minimum Gasteiger partial charge on any atom is -0.477 e. The Kier molecular flexibility index (Phi) is 12.9. The quantitative estimate of drug-likeness (QED) is 0.0641. The van der Waals surface area contributed by atoms with Crippen molar-refractivity contribution >= 4 is 12.1 Å². The second-order valence-electron chi connectivity index (χ2n) is 11.5. The Bertz CT molecular complexity index is 1070. The molecule has 0 saturated carbocycles. The van der Waals surface area contributed by atoms with Crippen LogP contribution in [0.4, 0.5) is 4.79 Å². The number of aliphatic carboxylic acids is 1. The zero-order chi connectivity index (χ0) is 34.6. The number of rotatable bonds is 13. The van der Waals surface area contributed by atoms with Gasteiger partial charge in [-0.05, 0) is 12.8 Å². The zero-order valence-electron chi connectivity index (χ0n) is 25.3. The summed E-state index contributed by atoms with van der Waals surface area (Å²) in [6.07, 6.45) is -22.9. The lowest BCUT2D eigenvalue weighted by atomic mass is 9.96. The Balaban J connectivity index is 1.48. The monoisotopic (exact) mass is 685 g/mol. The highest BCUT2D eigenvalue weighted by Crippen LogP contribution is 2.39. The molecule has 0 aromatic heterocycles. The SMILES string of the molecule is C=CCCCOC(=O)NC[C@@H]1O[C@@H]2OC(C)(C(=O)O)OC2C(O)[C@@H]1O[C@@H]1OC(CO)[C@H](O[C@H]2OC(CO)[C@H](O)[C@H](O)C2O)[C@H](O)C1O. The lowest BCUT2D eigenvalue weighted by Gasteiger charge is -2.47. The Morgan fingerprint density at radius 3 is 2.00 bits per heavy atom. The molecule has 0 spiro atoms. The first-order chi connectivity index (χ1) is 22.3. The molecule has 16 atom stereocenters. The van der Waals surface area contributed by atoms with Gasteiger partial charge in [0, 0.05) is 13.5 Å². The van der Waals surface area contributed by atoms with Crippen molar-refractivity contribution in [2.75, 3.05) is 26.4 Å². The van der Waals surface area contributed by atoms with Gasteiger partial charge in [-0.3, -0.25) is 0 Å². The number of fused-ring (bicyclic) bond motifs is 1. The number of nitrogens with one attached hydrogen (secondary N) is 1. The third kappa shape index (κ3) is 8.20. The van der Waals surface area contributed by atoms with Gasteiger partial charge in [-0.25, -0.2) is 9.59 Å². The van der Waals surface area contributed by atoms with Crippen molar-refractivity contribution in [2.24, 2.45) is 0 Å². The number of alkyl carbamates (subject to hydrolysis) is 1. The summed E-state index contributed by atoms with van der Waals surface area (Å²) in [6.45, 7) is 2.70. The minimum atomic E-state index is -2.22. The van der Waals surface area contributed by atoms with Gasteiger partial charge < -0.3 is 89.2 Å². The predicted molar refractivity (Wildman–Crippen MR) is 147 cm³/mol. The van der Waals surface area contributed by atoms with Crippen LogP contribution in [0.15, 0.2) is 12.7 Å². The molecule has 270 valence electrons. The molecule has 7 unspecified atom stereocenters. The number of ether oxygens (including phenoxy) is 8. The number of hydrogen-bond donors (Lipinski definition) is 10. The topological polar surface area (TPSA) is 302 Å². The van der Waals surface area contributed by atoms with Crippen LogP contribution in [-0.4, -0.2) is 182 Å². The Labute approximate surface area is 267 Å². The molecule has 0 aromatic rings. The first-order valence-corrected chi connectivity index (χ1v) is 14.9. The first kappa shape index (κ1) is 37.7. The molecule has 10 N–H and O–H groups in total. The highest BCUT2D eigenvalue weighted by Gasteiger charge is 2.60. The summed E-state index contributed by atoms with van der Waals surface area (Å²) in [6, 6.07) is 0. The lowest BCUT2D eigenvalue weighted by molar-refractivity contribution is -0.373. The van der Waals surface area contributed by atoms with Crippen molar-refractivity contribution in [1.29, 1.82) is 0 Å². The van der Waals surface area contributed by atoms with E-state index in [2.05, 4.69) is 11.9 Å². The molecule has 4 aliphatic heterocycles. The molecule has 4 fully saturated rings. The number of aliphatic hydroxyl groups excluding tert-OH is 8. The average molecular weight is 686 g/mol. The summed E-state index contributed by atoms with van der Waals surface area (Å²) >= 11 is 0. The van der Waals surface area contributed by atoms with Gasteiger partial charge in [0.1, 0.15) is 73.2 Å². The summed E-state index contributed by atoms with van der Waals surface area (Å²) in [5, 5.41) is 95.1. The van der Waals surface area contributed by atoms with Crippen LogP contribution in [0.1, 0.15) is 19.8 Å². The molecule has 4 aliphatic rings. The summed E-state index contributed by atoms with van der Waals surface area (Å²) in [4.78, 5) is 24.0. The fourth-order valence-electron chi connectivity index (χ4n) is 5.51. The van der Waals surface area contributed by atoms with Crippen LogP contribution in [0.5, 0.6) is 0 Å². The normalized spacial score (nSPS) is 45.2. The van der Waals surface area contributed by atoms with Gasteiger partial charge in [-0.15, -0.1) is 6.58 Å². The third-order valence-electron chi connectivity index (χ3n) is 8.19. The summed E-state index contributed by atoms with van der Waals surface area (Å²) < 4.78 is 44.0. The van der Waals surface area contributed by atoms with Crippen LogP contribution in [0.3, 0.4) is 0 Å². The van der Waals surface area contributed by atoms with Gasteiger partial charge >= 0.3 is 12.1 Å². The van der Waals surface area contributed by atoms with Gasteiger partial charge in [0.25, 0.3) is 5.79 Å². The molecule has 0 aliphatic carbocycles. The van der Waals surface area contributed by atoms with E-state index in [1.165, 1.54) is 0 Å². The zero-order valence-corrected chi connectivity index (χ0v) is 25.3. The van der Waals surface area contributed by atoms with Gasteiger partial charge in [-0.2, -0.15) is 0 Å². The summed E-state index contributed by atoms with van der Waals surface area (Å²) in [7, 11) is 0. The molecule has 20 heteroatoms. The van der Waals surface area contributed by atoms with Gasteiger partial charge in [0.05, 0.1) is 19.8 Å². The fourth-order valence-corrected chi connectivity index (χ4v) is 5.51. The summed E-state index contributed by atoms with van der Waals surface area (Å²) in [5.74, 6) is -3.75. The maximum absolute atomic E-state index is 12.3. The molecule has 4 rings (SSSR count). The van der Waals surface area contributed by atoms with E-state index in [1.54, 1.807) is 6.08 Å². The molecule has 47 heavy (non-hydrogen) atoms. The van der Waals surface area contributed by atoms with E-state index in [4.69, 9.17) is 37.9 Å². The smallest absolute Gasteiger partial charge is 0.407 e. The molecule has 4 saturated heterocycles. The number of amides is 1. The maximum Gasteiger partial charge on any atom is 0.407 e. The molecule has 1 amide bonds. The van der Waals surface area contributed by atoms with E-state index in [-0.39, 0.29) is 6.61 Å². The van der Waals surface area contributed by atoms with E-state index in [1.807, 2.05) is 0 Å². The van der Waals surface area contributed by atoms with Crippen molar-refractivity contribution in [3.63, 3.8) is 0 Å². The van der Waals surface area contributed by atoms with E-state index < -0.39 is 130 Å². The van der Waals surface area contributed by atoms with Crippen LogP contribution in [0, 0.1) is 0 Å².